The number of aliphatic hydroxyl groups is 1. The Morgan fingerprint density at radius 2 is 1.13 bits per heavy atom. The number of halogens is 2. The number of amides is 2. The maximum Gasteiger partial charge on any atom is 0.314 e. The van der Waals surface area contributed by atoms with Crippen molar-refractivity contribution in [3.05, 3.63) is 132 Å². The van der Waals surface area contributed by atoms with Gasteiger partial charge in [0.05, 0.1) is 82.8 Å². The smallest absolute Gasteiger partial charge is 0.314 e. The van der Waals surface area contributed by atoms with Crippen molar-refractivity contribution in [3.63, 3.8) is 0 Å². The Balaban J connectivity index is 0.000000199. The summed E-state index contributed by atoms with van der Waals surface area (Å²) < 4.78 is 63.8. The van der Waals surface area contributed by atoms with Crippen molar-refractivity contribution in [2.45, 2.75) is 49.2 Å². The van der Waals surface area contributed by atoms with Gasteiger partial charge in [-0.3, -0.25) is 19.6 Å². The van der Waals surface area contributed by atoms with E-state index in [1.165, 1.54) is 60.8 Å². The number of aliphatic hydroxyl groups excluding tert-OH is 1. The number of nitrogens with zero attached hydrogens (tertiary/aromatic N) is 8. The first-order valence-electron chi connectivity index (χ1n) is 18.8. The van der Waals surface area contributed by atoms with Crippen LogP contribution in [0.2, 0.25) is 0 Å². The number of thioether (sulfide) groups is 1. The Labute approximate surface area is 357 Å². The molecule has 8 rings (SSSR count). The van der Waals surface area contributed by atoms with E-state index in [-0.39, 0.29) is 34.9 Å². The molecule has 0 aliphatic carbocycles. The Kier molecular flexibility index (Phi) is 14.2. The van der Waals surface area contributed by atoms with Crippen molar-refractivity contribution in [1.29, 1.82) is 0 Å². The third-order valence-corrected chi connectivity index (χ3v) is 10.6. The summed E-state index contributed by atoms with van der Waals surface area (Å²) >= 11 is 1.40. The molecule has 322 valence electrons. The molecule has 2 amide bonds. The standard InChI is InChI=1S/C20H18FN5O4S.C20H18FN5O2S.CH4O/c1-3-16(18-11-23-20(30-18)31(2,28)29)25-19(27)15-8-22-10-17-14(15)9-24-26(17)13-6-4-12(21)5-7-13;1-3-16(18-11-23-20(28-18)29-2)25-19(27)15-8-22-10-17-14(15)9-24-26(17)13-6-4-12(21)5-7-13;1-2/h4-11,16H,3H2,1-2H3,(H,25,27);4-11,16H,3H2,1-2H3,(H,25,27);2H,1H3/t2*16-;/m00./s1. The van der Waals surface area contributed by atoms with E-state index in [4.69, 9.17) is 13.9 Å². The number of carbonyl (C=O) groups is 2. The highest BCUT2D eigenvalue weighted by Crippen LogP contribution is 2.26. The molecule has 0 spiro atoms. The molecule has 0 aliphatic rings. The van der Waals surface area contributed by atoms with Gasteiger partial charge in [0.25, 0.3) is 17.0 Å². The lowest BCUT2D eigenvalue weighted by molar-refractivity contribution is 0.0922. The fourth-order valence-corrected chi connectivity index (χ4v) is 7.00. The Bertz CT molecular complexity index is 2920. The first-order valence-corrected chi connectivity index (χ1v) is 21.9. The highest BCUT2D eigenvalue weighted by Gasteiger charge is 2.24. The predicted molar refractivity (Wildman–Crippen MR) is 225 cm³/mol. The molecule has 21 heteroatoms. The van der Waals surface area contributed by atoms with Crippen molar-refractivity contribution in [2.75, 3.05) is 19.6 Å². The number of sulfone groups is 1. The van der Waals surface area contributed by atoms with Gasteiger partial charge in [0.2, 0.25) is 9.84 Å². The van der Waals surface area contributed by atoms with Gasteiger partial charge in [0.1, 0.15) is 23.2 Å². The summed E-state index contributed by atoms with van der Waals surface area (Å²) in [4.78, 5) is 42.2. The lowest BCUT2D eigenvalue weighted by atomic mass is 10.1. The van der Waals surface area contributed by atoms with Crippen LogP contribution in [-0.2, 0) is 9.84 Å². The number of aromatic nitrogens is 8. The lowest BCUT2D eigenvalue weighted by Crippen LogP contribution is -2.28. The largest absolute Gasteiger partial charge is 0.434 e. The van der Waals surface area contributed by atoms with Crippen LogP contribution in [0.15, 0.2) is 117 Å². The van der Waals surface area contributed by atoms with Gasteiger partial charge in [0, 0.05) is 36.5 Å². The van der Waals surface area contributed by atoms with Gasteiger partial charge in [-0.15, -0.1) is 0 Å². The van der Waals surface area contributed by atoms with Crippen LogP contribution in [-0.4, -0.2) is 84.5 Å². The number of hydrogen-bond donors (Lipinski definition) is 3. The average Bonchev–Trinajstić information content (AvgIpc) is 4.12. The van der Waals surface area contributed by atoms with E-state index >= 15 is 0 Å². The summed E-state index contributed by atoms with van der Waals surface area (Å²) in [6, 6.07) is 10.9. The lowest BCUT2D eigenvalue weighted by Gasteiger charge is -2.14. The van der Waals surface area contributed by atoms with E-state index in [2.05, 4.69) is 40.8 Å². The number of rotatable bonds is 12. The first-order chi connectivity index (χ1) is 29.9. The third kappa shape index (κ3) is 9.85. The van der Waals surface area contributed by atoms with Gasteiger partial charge in [0.15, 0.2) is 0 Å². The molecule has 0 fully saturated rings. The normalized spacial score (nSPS) is 12.2. The Morgan fingerprint density at radius 1 is 0.694 bits per heavy atom. The molecule has 0 saturated heterocycles. The van der Waals surface area contributed by atoms with Crippen LogP contribution in [0.25, 0.3) is 33.2 Å². The molecule has 62 heavy (non-hydrogen) atoms. The number of carbonyl (C=O) groups excluding carboxylic acids is 2. The zero-order chi connectivity index (χ0) is 44.6. The number of hydrogen-bond acceptors (Lipinski definition) is 14. The van der Waals surface area contributed by atoms with E-state index in [9.17, 15) is 26.8 Å². The van der Waals surface area contributed by atoms with E-state index in [1.54, 1.807) is 58.4 Å². The second-order valence-corrected chi connectivity index (χ2v) is 15.9. The Morgan fingerprint density at radius 3 is 1.52 bits per heavy atom. The fraction of sp³-hybridized carbons (Fsp3) is 0.220. The van der Waals surface area contributed by atoms with Crippen molar-refractivity contribution in [3.8, 4) is 11.4 Å². The van der Waals surface area contributed by atoms with Crippen LogP contribution < -0.4 is 10.6 Å². The van der Waals surface area contributed by atoms with Crippen LogP contribution in [0, 0.1) is 11.6 Å². The van der Waals surface area contributed by atoms with Gasteiger partial charge in [-0.05, 0) is 67.6 Å². The molecule has 3 N–H and O–H groups in total. The molecule has 8 aromatic rings. The van der Waals surface area contributed by atoms with Crippen molar-refractivity contribution in [2.24, 2.45) is 0 Å². The molecule has 2 aromatic carbocycles. The van der Waals surface area contributed by atoms with E-state index in [0.29, 0.717) is 62.6 Å². The number of benzene rings is 2. The van der Waals surface area contributed by atoms with Crippen molar-refractivity contribution < 1.29 is 40.7 Å². The summed E-state index contributed by atoms with van der Waals surface area (Å²) in [7, 11) is -2.59. The minimum absolute atomic E-state index is 0.235. The maximum atomic E-state index is 13.2. The molecular formula is C41H40F2N10O7S2. The second-order valence-electron chi connectivity index (χ2n) is 13.2. The van der Waals surface area contributed by atoms with Crippen LogP contribution in [0.3, 0.4) is 0 Å². The minimum Gasteiger partial charge on any atom is -0.434 e. The van der Waals surface area contributed by atoms with Gasteiger partial charge in [-0.1, -0.05) is 25.6 Å². The molecule has 0 unspecified atom stereocenters. The van der Waals surface area contributed by atoms with Gasteiger partial charge >= 0.3 is 5.22 Å². The number of fused-ring (bicyclic) bond motifs is 2. The topological polar surface area (TPSA) is 226 Å². The number of pyridine rings is 2. The quantitative estimate of drug-likeness (QED) is 0.110. The molecule has 0 saturated carbocycles. The average molecular weight is 887 g/mol. The predicted octanol–water partition coefficient (Wildman–Crippen LogP) is 6.59. The number of oxazole rings is 2. The molecule has 0 bridgehead atoms. The molecule has 6 heterocycles. The molecule has 0 radical (unpaired) electrons. The molecular weight excluding hydrogens is 847 g/mol. The van der Waals surface area contributed by atoms with Gasteiger partial charge in [-0.2, -0.15) is 10.2 Å². The highest BCUT2D eigenvalue weighted by atomic mass is 32.2. The molecule has 6 aromatic heterocycles. The minimum atomic E-state index is -3.59. The fourth-order valence-electron chi connectivity index (χ4n) is 6.17. The molecule has 17 nitrogen and oxygen atoms in total. The third-order valence-electron chi connectivity index (χ3n) is 9.24. The summed E-state index contributed by atoms with van der Waals surface area (Å²) in [5.41, 5.74) is 3.22. The summed E-state index contributed by atoms with van der Waals surface area (Å²) in [6.07, 6.45) is 16.1. The maximum absolute atomic E-state index is 13.2. The van der Waals surface area contributed by atoms with E-state index in [1.807, 2.05) is 20.1 Å². The van der Waals surface area contributed by atoms with E-state index in [0.717, 1.165) is 13.4 Å². The van der Waals surface area contributed by atoms with Gasteiger partial charge in [-0.25, -0.2) is 36.5 Å². The van der Waals surface area contributed by atoms with Crippen LogP contribution in [0.1, 0.15) is 71.0 Å². The zero-order valence-electron chi connectivity index (χ0n) is 33.9. The SMILES string of the molecule is CC[C@H](NC(=O)c1cncc2c1cnn2-c1ccc(F)cc1)c1cnc(S(C)(=O)=O)o1.CC[C@H](NC(=O)c1cncc2c1cnn2-c1ccc(F)cc1)c1cnc(SC)o1.CO. The zero-order valence-corrected chi connectivity index (χ0v) is 35.5. The summed E-state index contributed by atoms with van der Waals surface area (Å²) in [5.74, 6) is -0.566. The summed E-state index contributed by atoms with van der Waals surface area (Å²) in [6.45, 7) is 3.77. The van der Waals surface area contributed by atoms with Crippen LogP contribution >= 0.6 is 11.8 Å². The van der Waals surface area contributed by atoms with E-state index < -0.39 is 27.0 Å². The Hall–Kier alpha value is -6.84. The number of nitrogens with one attached hydrogen (secondary N) is 2. The second kappa shape index (κ2) is 19.7. The summed E-state index contributed by atoms with van der Waals surface area (Å²) in [5, 5.41) is 22.8. The first kappa shape index (κ1) is 44.7. The van der Waals surface area contributed by atoms with Crippen molar-refractivity contribution in [1.82, 2.24) is 50.1 Å². The van der Waals surface area contributed by atoms with Crippen LogP contribution in [0.5, 0.6) is 0 Å². The van der Waals surface area contributed by atoms with Crippen molar-refractivity contribution >= 4 is 55.2 Å². The monoisotopic (exact) mass is 886 g/mol. The van der Waals surface area contributed by atoms with Gasteiger partial charge < -0.3 is 24.6 Å². The molecule has 0 aliphatic heterocycles. The van der Waals surface area contributed by atoms with Crippen LogP contribution in [0.4, 0.5) is 8.78 Å². The highest BCUT2D eigenvalue weighted by molar-refractivity contribution is 7.98. The molecule has 2 atom stereocenters.